The molecule has 0 fully saturated rings. The lowest BCUT2D eigenvalue weighted by atomic mass is 9.91. The molecule has 2 aromatic rings. The summed E-state index contributed by atoms with van der Waals surface area (Å²) in [5.41, 5.74) is 9.41. The normalized spacial score (nSPS) is 12.9. The molecule has 138 valence electrons. The molecule has 26 heavy (non-hydrogen) atoms. The van der Waals surface area contributed by atoms with Crippen LogP contribution >= 0.6 is 0 Å². The first-order valence-corrected chi connectivity index (χ1v) is 8.63. The van der Waals surface area contributed by atoms with Gasteiger partial charge in [-0.3, -0.25) is 4.79 Å². The van der Waals surface area contributed by atoms with Crippen LogP contribution in [0.1, 0.15) is 42.5 Å². The van der Waals surface area contributed by atoms with Gasteiger partial charge >= 0.3 is 5.97 Å². The lowest BCUT2D eigenvalue weighted by Crippen LogP contribution is -2.29. The predicted octanol–water partition coefficient (Wildman–Crippen LogP) is 4.32. The first-order chi connectivity index (χ1) is 12.4. The molecule has 0 aliphatic rings. The third-order valence-corrected chi connectivity index (χ3v) is 4.39. The fraction of sp³-hybridized carbons (Fsp3) is 0.286. The average molecular weight is 359 g/mol. The van der Waals surface area contributed by atoms with Gasteiger partial charge in [-0.2, -0.15) is 0 Å². The number of benzene rings is 2. The molecule has 0 radical (unpaired) electrons. The summed E-state index contributed by atoms with van der Waals surface area (Å²) in [7, 11) is 0. The van der Waals surface area contributed by atoms with Crippen LogP contribution in [0.15, 0.2) is 42.5 Å². The van der Waals surface area contributed by atoms with E-state index in [1.54, 1.807) is 6.08 Å². The van der Waals surface area contributed by atoms with Gasteiger partial charge in [-0.1, -0.05) is 38.1 Å². The quantitative estimate of drug-likeness (QED) is 0.774. The molecule has 0 saturated carbocycles. The van der Waals surface area contributed by atoms with E-state index in [1.807, 2.05) is 25.1 Å². The Balaban J connectivity index is 2.56. The second-order valence-corrected chi connectivity index (χ2v) is 6.11. The van der Waals surface area contributed by atoms with Crippen molar-refractivity contribution in [1.82, 2.24) is 0 Å². The van der Waals surface area contributed by atoms with Crippen LogP contribution in [-0.2, 0) is 17.6 Å². The van der Waals surface area contributed by atoms with Gasteiger partial charge in [0.1, 0.15) is 17.7 Å². The van der Waals surface area contributed by atoms with E-state index in [1.165, 1.54) is 17.7 Å². The highest BCUT2D eigenvalue weighted by Gasteiger charge is 2.15. The van der Waals surface area contributed by atoms with E-state index >= 15 is 0 Å². The summed E-state index contributed by atoms with van der Waals surface area (Å²) in [4.78, 5) is 11.0. The number of carboxylic acids is 1. The molecule has 0 spiro atoms. The second kappa shape index (κ2) is 8.72. The molecular formula is C21H23F2NO2. The van der Waals surface area contributed by atoms with Gasteiger partial charge in [0, 0.05) is 11.6 Å². The predicted molar refractivity (Wildman–Crippen MR) is 98.9 cm³/mol. The number of rotatable bonds is 7. The van der Waals surface area contributed by atoms with Crippen LogP contribution in [0.2, 0.25) is 0 Å². The minimum Gasteiger partial charge on any atom is -0.480 e. The number of carboxylic acid groups (broad SMARTS) is 1. The Morgan fingerprint density at radius 1 is 1.12 bits per heavy atom. The van der Waals surface area contributed by atoms with Crippen LogP contribution in [0.5, 0.6) is 0 Å². The smallest absolute Gasteiger partial charge is 0.320 e. The van der Waals surface area contributed by atoms with Gasteiger partial charge in [0.2, 0.25) is 0 Å². The molecule has 2 rings (SSSR count). The van der Waals surface area contributed by atoms with E-state index in [0.717, 1.165) is 30.0 Å². The fourth-order valence-electron chi connectivity index (χ4n) is 2.90. The minimum atomic E-state index is -1.13. The second-order valence-electron chi connectivity index (χ2n) is 6.11. The molecule has 0 amide bonds. The van der Waals surface area contributed by atoms with Crippen molar-refractivity contribution in [2.45, 2.75) is 39.2 Å². The topological polar surface area (TPSA) is 63.3 Å². The van der Waals surface area contributed by atoms with E-state index in [-0.39, 0.29) is 12.0 Å². The molecule has 0 saturated heterocycles. The Morgan fingerprint density at radius 2 is 1.81 bits per heavy atom. The van der Waals surface area contributed by atoms with Gasteiger partial charge in [-0.05, 0) is 53.7 Å². The SMILES string of the molecule is CCc1ccc(/C(=C\CC(N)C(=O)O)c2ccc(F)cc2F)cc1CC. The summed E-state index contributed by atoms with van der Waals surface area (Å²) < 4.78 is 27.7. The highest BCUT2D eigenvalue weighted by Crippen LogP contribution is 2.29. The lowest BCUT2D eigenvalue weighted by Gasteiger charge is -2.14. The first-order valence-electron chi connectivity index (χ1n) is 8.63. The van der Waals surface area contributed by atoms with Crippen molar-refractivity contribution in [2.24, 2.45) is 5.73 Å². The van der Waals surface area contributed by atoms with E-state index < -0.39 is 23.6 Å². The third kappa shape index (κ3) is 4.55. The maximum absolute atomic E-state index is 14.4. The number of halogens is 2. The Kier molecular flexibility index (Phi) is 6.64. The molecule has 3 N–H and O–H groups in total. The molecule has 0 aliphatic carbocycles. The van der Waals surface area contributed by atoms with Crippen molar-refractivity contribution >= 4 is 11.5 Å². The molecular weight excluding hydrogens is 336 g/mol. The van der Waals surface area contributed by atoms with Crippen molar-refractivity contribution in [2.75, 3.05) is 0 Å². The maximum Gasteiger partial charge on any atom is 0.320 e. The van der Waals surface area contributed by atoms with Crippen molar-refractivity contribution in [1.29, 1.82) is 0 Å². The van der Waals surface area contributed by atoms with Crippen LogP contribution in [0.25, 0.3) is 5.57 Å². The first kappa shape index (κ1) is 19.8. The summed E-state index contributed by atoms with van der Waals surface area (Å²) in [6.07, 6.45) is 3.36. The Hall–Kier alpha value is -2.53. The van der Waals surface area contributed by atoms with Crippen LogP contribution in [0, 0.1) is 11.6 Å². The van der Waals surface area contributed by atoms with Crippen LogP contribution in [-0.4, -0.2) is 17.1 Å². The molecule has 0 bridgehead atoms. The van der Waals surface area contributed by atoms with Gasteiger partial charge < -0.3 is 10.8 Å². The van der Waals surface area contributed by atoms with Crippen LogP contribution in [0.3, 0.4) is 0 Å². The summed E-state index contributed by atoms with van der Waals surface area (Å²) in [6.45, 7) is 4.11. The fourth-order valence-corrected chi connectivity index (χ4v) is 2.90. The zero-order valence-electron chi connectivity index (χ0n) is 14.9. The molecule has 0 aromatic heterocycles. The highest BCUT2D eigenvalue weighted by molar-refractivity contribution is 5.81. The van der Waals surface area contributed by atoms with Crippen LogP contribution < -0.4 is 5.73 Å². The highest BCUT2D eigenvalue weighted by atomic mass is 19.1. The van der Waals surface area contributed by atoms with Crippen molar-refractivity contribution in [3.05, 3.63) is 76.4 Å². The molecule has 1 atom stereocenters. The number of hydrogen-bond acceptors (Lipinski definition) is 2. The molecule has 0 aliphatic heterocycles. The molecule has 0 heterocycles. The number of hydrogen-bond donors (Lipinski definition) is 2. The lowest BCUT2D eigenvalue weighted by molar-refractivity contribution is -0.138. The zero-order valence-corrected chi connectivity index (χ0v) is 14.9. The van der Waals surface area contributed by atoms with Crippen molar-refractivity contribution in [3.63, 3.8) is 0 Å². The van der Waals surface area contributed by atoms with Crippen molar-refractivity contribution in [3.8, 4) is 0 Å². The molecule has 2 aromatic carbocycles. The van der Waals surface area contributed by atoms with Gasteiger partial charge in [-0.15, -0.1) is 0 Å². The van der Waals surface area contributed by atoms with Crippen LogP contribution in [0.4, 0.5) is 8.78 Å². The Bertz CT molecular complexity index is 831. The molecule has 3 nitrogen and oxygen atoms in total. The number of aliphatic carboxylic acids is 1. The maximum atomic E-state index is 14.4. The molecule has 5 heteroatoms. The van der Waals surface area contributed by atoms with E-state index in [4.69, 9.17) is 10.8 Å². The van der Waals surface area contributed by atoms with Gasteiger partial charge in [-0.25, -0.2) is 8.78 Å². The summed E-state index contributed by atoms with van der Waals surface area (Å²) >= 11 is 0. The zero-order chi connectivity index (χ0) is 19.3. The number of aryl methyl sites for hydroxylation is 2. The van der Waals surface area contributed by atoms with Gasteiger partial charge in [0.25, 0.3) is 0 Å². The Morgan fingerprint density at radius 3 is 2.38 bits per heavy atom. The Labute approximate surface area is 152 Å². The van der Waals surface area contributed by atoms with Gasteiger partial charge in [0.15, 0.2) is 0 Å². The monoisotopic (exact) mass is 359 g/mol. The van der Waals surface area contributed by atoms with Gasteiger partial charge in [0.05, 0.1) is 0 Å². The largest absolute Gasteiger partial charge is 0.480 e. The number of carbonyl (C=O) groups is 1. The minimum absolute atomic E-state index is 0.0401. The van der Waals surface area contributed by atoms with E-state index in [0.29, 0.717) is 5.57 Å². The molecule has 1 unspecified atom stereocenters. The van der Waals surface area contributed by atoms with E-state index in [2.05, 4.69) is 6.92 Å². The average Bonchev–Trinajstić information content (AvgIpc) is 2.62. The van der Waals surface area contributed by atoms with E-state index in [9.17, 15) is 13.6 Å². The summed E-state index contributed by atoms with van der Waals surface area (Å²) in [5, 5.41) is 9.00. The standard InChI is InChI=1S/C21H23F2NO2/c1-3-13-5-6-15(11-14(13)4-2)17(9-10-20(24)21(25)26)18-8-7-16(22)12-19(18)23/h5-9,11-12,20H,3-4,10,24H2,1-2H3,(H,25,26)/b17-9+. The third-order valence-electron chi connectivity index (χ3n) is 4.39. The number of nitrogens with two attached hydrogens (primary N) is 1. The van der Waals surface area contributed by atoms with Crippen molar-refractivity contribution < 1.29 is 18.7 Å². The summed E-state index contributed by atoms with van der Waals surface area (Å²) in [5.74, 6) is -2.49. The summed E-state index contributed by atoms with van der Waals surface area (Å²) in [6, 6.07) is 8.11.